The average molecular weight is 631 g/mol. The van der Waals surface area contributed by atoms with E-state index in [0.717, 1.165) is 51.5 Å². The third-order valence-electron chi connectivity index (χ3n) is 7.58. The van der Waals surface area contributed by atoms with Gasteiger partial charge in [0.15, 0.2) is 0 Å². The minimum Gasteiger partial charge on any atom is -0.422 e. The Morgan fingerprint density at radius 1 is 1.00 bits per heavy atom. The lowest BCUT2D eigenvalue weighted by Crippen LogP contribution is -2.28. The minimum atomic E-state index is -0.460. The normalized spacial score (nSPS) is 19.5. The van der Waals surface area contributed by atoms with E-state index in [9.17, 15) is 13.6 Å². The van der Waals surface area contributed by atoms with Crippen LogP contribution in [0.3, 0.4) is 0 Å². The summed E-state index contributed by atoms with van der Waals surface area (Å²) in [6.07, 6.45) is 4.81. The van der Waals surface area contributed by atoms with E-state index in [1.54, 1.807) is 36.4 Å². The molecule has 0 radical (unpaired) electrons. The van der Waals surface area contributed by atoms with E-state index < -0.39 is 5.63 Å². The Morgan fingerprint density at radius 2 is 1.76 bits per heavy atom. The van der Waals surface area contributed by atoms with E-state index in [2.05, 4.69) is 22.0 Å². The Balaban J connectivity index is 1.31. The van der Waals surface area contributed by atoms with Crippen molar-refractivity contribution in [2.75, 3.05) is 5.01 Å². The van der Waals surface area contributed by atoms with Gasteiger partial charge >= 0.3 is 5.63 Å². The molecule has 2 atom stereocenters. The highest BCUT2D eigenvalue weighted by atomic mass is 79.9. The highest BCUT2D eigenvalue weighted by molar-refractivity contribution is 9.10. The lowest BCUT2D eigenvalue weighted by Gasteiger charge is -2.29. The zero-order chi connectivity index (χ0) is 28.1. The standard InChI is InChI=1S/C32H22BrF2N3O2S/c33-22-8-13-28-21(15-22)16-26(31(39)40-28)27-17-41-32(36-27)38-30(19-6-11-24(35)12-7-19)25-3-1-2-20(29(25)37-38)14-18-4-9-23(34)10-5-18/h4-17,25,30H,1-3H2/b20-14+/t25-,30-/m0/s1. The molecule has 0 N–H and O–H groups in total. The van der Waals surface area contributed by atoms with Crippen LogP contribution in [0.25, 0.3) is 28.3 Å². The molecule has 41 heavy (non-hydrogen) atoms. The van der Waals surface area contributed by atoms with Crippen LogP contribution < -0.4 is 10.6 Å². The molecule has 2 aliphatic rings. The van der Waals surface area contributed by atoms with Crippen LogP contribution in [0.2, 0.25) is 0 Å². The second kappa shape index (κ2) is 10.5. The van der Waals surface area contributed by atoms with Gasteiger partial charge in [-0.3, -0.25) is 0 Å². The number of aromatic nitrogens is 1. The number of allylic oxidation sites excluding steroid dienone is 1. The van der Waals surface area contributed by atoms with Gasteiger partial charge in [0.2, 0.25) is 5.13 Å². The largest absolute Gasteiger partial charge is 0.422 e. The Kier molecular flexibility index (Phi) is 6.63. The molecule has 1 fully saturated rings. The summed E-state index contributed by atoms with van der Waals surface area (Å²) in [6.45, 7) is 0. The summed E-state index contributed by atoms with van der Waals surface area (Å²) in [7, 11) is 0. The smallest absolute Gasteiger partial charge is 0.345 e. The van der Waals surface area contributed by atoms with E-state index in [1.165, 1.54) is 35.6 Å². The first-order chi connectivity index (χ1) is 19.9. The third kappa shape index (κ3) is 4.93. The fourth-order valence-electron chi connectivity index (χ4n) is 5.68. The molecule has 0 unspecified atom stereocenters. The maximum atomic E-state index is 13.9. The van der Waals surface area contributed by atoms with Gasteiger partial charge in [-0.15, -0.1) is 11.3 Å². The van der Waals surface area contributed by atoms with E-state index in [0.29, 0.717) is 22.0 Å². The van der Waals surface area contributed by atoms with Crippen molar-refractivity contribution in [3.8, 4) is 11.3 Å². The maximum absolute atomic E-state index is 13.9. The molecule has 7 rings (SSSR count). The van der Waals surface area contributed by atoms with Gasteiger partial charge in [0.05, 0.1) is 23.0 Å². The number of nitrogens with zero attached hydrogens (tertiary/aromatic N) is 3. The lowest BCUT2D eigenvalue weighted by molar-refractivity contribution is 0.486. The first-order valence-electron chi connectivity index (χ1n) is 13.2. The van der Waals surface area contributed by atoms with Crippen LogP contribution in [-0.2, 0) is 0 Å². The zero-order valence-corrected chi connectivity index (χ0v) is 24.0. The van der Waals surface area contributed by atoms with Crippen molar-refractivity contribution in [1.82, 2.24) is 4.98 Å². The summed E-state index contributed by atoms with van der Waals surface area (Å²) in [6, 6.07) is 20.0. The van der Waals surface area contributed by atoms with Crippen molar-refractivity contribution in [2.24, 2.45) is 11.0 Å². The quantitative estimate of drug-likeness (QED) is 0.186. The number of thiazole rings is 1. The molecule has 204 valence electrons. The van der Waals surface area contributed by atoms with Gasteiger partial charge in [-0.25, -0.2) is 23.6 Å². The van der Waals surface area contributed by atoms with Gasteiger partial charge in [0.25, 0.3) is 0 Å². The zero-order valence-electron chi connectivity index (χ0n) is 21.6. The number of hydrogen-bond acceptors (Lipinski definition) is 6. The molecule has 3 aromatic carbocycles. The van der Waals surface area contributed by atoms with Gasteiger partial charge in [-0.2, -0.15) is 5.10 Å². The molecule has 5 nitrogen and oxygen atoms in total. The number of benzene rings is 3. The highest BCUT2D eigenvalue weighted by Gasteiger charge is 2.43. The monoisotopic (exact) mass is 629 g/mol. The van der Waals surface area contributed by atoms with E-state index in [4.69, 9.17) is 14.5 Å². The first-order valence-corrected chi connectivity index (χ1v) is 14.9. The van der Waals surface area contributed by atoms with E-state index >= 15 is 0 Å². The predicted molar refractivity (Wildman–Crippen MR) is 162 cm³/mol. The Bertz CT molecular complexity index is 1900. The molecule has 1 aliphatic heterocycles. The van der Waals surface area contributed by atoms with Crippen LogP contribution in [0, 0.1) is 17.6 Å². The molecule has 3 heterocycles. The third-order valence-corrected chi connectivity index (χ3v) is 8.91. The molecular weight excluding hydrogens is 608 g/mol. The summed E-state index contributed by atoms with van der Waals surface area (Å²) >= 11 is 4.87. The summed E-state index contributed by atoms with van der Waals surface area (Å²) in [5, 5.41) is 10.3. The van der Waals surface area contributed by atoms with Crippen LogP contribution in [0.5, 0.6) is 0 Å². The number of hydrogen-bond donors (Lipinski definition) is 0. The number of anilines is 1. The van der Waals surface area contributed by atoms with Crippen molar-refractivity contribution < 1.29 is 13.2 Å². The summed E-state index contributed by atoms with van der Waals surface area (Å²) in [5.74, 6) is -0.510. The number of fused-ring (bicyclic) bond motifs is 2. The van der Waals surface area contributed by atoms with Gasteiger partial charge in [0, 0.05) is 21.2 Å². The fraction of sp³-hybridized carbons (Fsp3) is 0.156. The number of halogens is 3. The molecule has 1 saturated carbocycles. The van der Waals surface area contributed by atoms with E-state index in [-0.39, 0.29) is 23.6 Å². The molecule has 0 saturated heterocycles. The van der Waals surface area contributed by atoms with E-state index in [1.807, 2.05) is 22.5 Å². The van der Waals surface area contributed by atoms with Gasteiger partial charge in [-0.05, 0) is 90.6 Å². The Morgan fingerprint density at radius 3 is 2.54 bits per heavy atom. The fourth-order valence-corrected chi connectivity index (χ4v) is 6.87. The lowest BCUT2D eigenvalue weighted by atomic mass is 9.77. The Hall–Kier alpha value is -3.95. The van der Waals surface area contributed by atoms with Crippen LogP contribution >= 0.6 is 27.3 Å². The molecule has 2 aromatic heterocycles. The van der Waals surface area contributed by atoms with Crippen LogP contribution in [0.15, 0.2) is 103 Å². The van der Waals surface area contributed by atoms with Gasteiger partial charge in [0.1, 0.15) is 17.2 Å². The molecule has 0 bridgehead atoms. The summed E-state index contributed by atoms with van der Waals surface area (Å²) < 4.78 is 33.9. The first kappa shape index (κ1) is 26.0. The highest BCUT2D eigenvalue weighted by Crippen LogP contribution is 2.47. The van der Waals surface area contributed by atoms with Crippen molar-refractivity contribution >= 4 is 55.2 Å². The molecular formula is C32H22BrF2N3O2S. The number of rotatable bonds is 4. The SMILES string of the molecule is O=c1oc2ccc(Br)cc2cc1-c1csc(N2N=C3/C(=C/c4ccc(F)cc4)CCC[C@@H]3[C@@H]2c2ccc(F)cc2)n1. The van der Waals surface area contributed by atoms with Crippen molar-refractivity contribution in [2.45, 2.75) is 25.3 Å². The van der Waals surface area contributed by atoms with Crippen LogP contribution in [0.4, 0.5) is 13.9 Å². The second-order valence-electron chi connectivity index (χ2n) is 10.2. The van der Waals surface area contributed by atoms with Crippen molar-refractivity contribution in [3.63, 3.8) is 0 Å². The molecule has 5 aromatic rings. The topological polar surface area (TPSA) is 58.7 Å². The van der Waals surface area contributed by atoms with Crippen LogP contribution in [0.1, 0.15) is 36.4 Å². The van der Waals surface area contributed by atoms with Gasteiger partial charge in [-0.1, -0.05) is 40.2 Å². The minimum absolute atomic E-state index is 0.0661. The predicted octanol–water partition coefficient (Wildman–Crippen LogP) is 8.76. The Labute approximate surface area is 246 Å². The van der Waals surface area contributed by atoms with Crippen molar-refractivity contribution in [1.29, 1.82) is 0 Å². The summed E-state index contributed by atoms with van der Waals surface area (Å²) in [4.78, 5) is 17.7. The molecule has 0 spiro atoms. The average Bonchev–Trinajstić information content (AvgIpc) is 3.61. The maximum Gasteiger partial charge on any atom is 0.345 e. The van der Waals surface area contributed by atoms with Gasteiger partial charge < -0.3 is 4.42 Å². The number of hydrazone groups is 1. The molecule has 0 amide bonds. The van der Waals surface area contributed by atoms with Crippen LogP contribution in [-0.4, -0.2) is 10.7 Å². The molecule has 1 aliphatic carbocycles. The second-order valence-corrected chi connectivity index (χ2v) is 11.9. The summed E-state index contributed by atoms with van der Waals surface area (Å²) in [5.41, 5.74) is 4.83. The van der Waals surface area contributed by atoms with Crippen molar-refractivity contribution in [3.05, 3.63) is 121 Å². The molecule has 9 heteroatoms.